The summed E-state index contributed by atoms with van der Waals surface area (Å²) < 4.78 is 6.09. The van der Waals surface area contributed by atoms with Gasteiger partial charge in [-0.1, -0.05) is 6.07 Å². The summed E-state index contributed by atoms with van der Waals surface area (Å²) in [6, 6.07) is 7.04. The molecule has 1 unspecified atom stereocenters. The number of hydrogen-bond donors (Lipinski definition) is 0. The molecule has 1 fully saturated rings. The Bertz CT molecular complexity index is 1330. The number of quaternary nitrogens is 1. The molecule has 5 heterocycles. The molecule has 3 aromatic rings. The van der Waals surface area contributed by atoms with Crippen LogP contribution in [0.1, 0.15) is 26.2 Å². The summed E-state index contributed by atoms with van der Waals surface area (Å²) in [5.41, 5.74) is 1.98. The highest BCUT2D eigenvalue weighted by molar-refractivity contribution is 5.80. The second-order valence-electron chi connectivity index (χ2n) is 8.70. The van der Waals surface area contributed by atoms with E-state index in [4.69, 9.17) is 15.0 Å². The minimum atomic E-state index is -0.804. The van der Waals surface area contributed by atoms with E-state index in [0.717, 1.165) is 5.52 Å². The maximum atomic E-state index is 14.5. The minimum Gasteiger partial charge on any atom is -0.625 e. The highest BCUT2D eigenvalue weighted by atomic mass is 16.6. The minimum absolute atomic E-state index is 0.0273. The summed E-state index contributed by atoms with van der Waals surface area (Å²) >= 11 is 0. The fourth-order valence-corrected chi connectivity index (χ4v) is 4.77. The number of pyridine rings is 1. The van der Waals surface area contributed by atoms with Crippen LogP contribution in [0.5, 0.6) is 0 Å². The summed E-state index contributed by atoms with van der Waals surface area (Å²) in [6.07, 6.45) is 6.07. The number of hydrogen-bond acceptors (Lipinski definition) is 9. The Morgan fingerprint density at radius 1 is 1.34 bits per heavy atom. The van der Waals surface area contributed by atoms with Crippen LogP contribution >= 0.6 is 0 Å². The van der Waals surface area contributed by atoms with E-state index in [1.807, 2.05) is 30.5 Å². The normalized spacial score (nSPS) is 21.6. The van der Waals surface area contributed by atoms with Crippen LogP contribution in [0.4, 0.5) is 11.5 Å². The number of amides is 1. The third-order valence-electron chi connectivity index (χ3n) is 6.49. The summed E-state index contributed by atoms with van der Waals surface area (Å²) in [6.45, 7) is 1.91. The van der Waals surface area contributed by atoms with Crippen LogP contribution in [0.2, 0.25) is 0 Å². The van der Waals surface area contributed by atoms with Crippen molar-refractivity contribution in [2.24, 2.45) is 0 Å². The highest BCUT2D eigenvalue weighted by Gasteiger charge is 2.46. The number of piperidine rings is 1. The number of rotatable bonds is 5. The molecule has 2 atom stereocenters. The van der Waals surface area contributed by atoms with Gasteiger partial charge >= 0.3 is 5.97 Å². The largest absolute Gasteiger partial charge is 0.625 e. The molecule has 3 aromatic heterocycles. The number of carbonyl (C=O) groups is 2. The first-order chi connectivity index (χ1) is 16.9. The summed E-state index contributed by atoms with van der Waals surface area (Å²) in [4.78, 5) is 36.3. The topological polar surface area (TPSA) is 140 Å². The third-order valence-corrected chi connectivity index (χ3v) is 6.49. The van der Waals surface area contributed by atoms with Crippen LogP contribution < -0.4 is 9.55 Å². The SMILES string of the molecule is CC(=O)OCN1C[N@@+]([O-])(C2CCCN(C(=O)CC#N)C2)c2nc(-c3cnn4ccccc34)ncc21. The second-order valence-corrected chi connectivity index (χ2v) is 8.70. The number of hydroxylamine groups is 2. The maximum absolute atomic E-state index is 14.5. The molecule has 0 aliphatic carbocycles. The predicted molar refractivity (Wildman–Crippen MR) is 125 cm³/mol. The van der Waals surface area contributed by atoms with Gasteiger partial charge in [0.1, 0.15) is 18.2 Å². The first kappa shape index (κ1) is 22.7. The number of esters is 1. The standard InChI is InChI=1S/C23H24N8O4/c1-16(32)35-15-29-14-31(34,17-5-4-9-28(13-17)21(33)7-8-24)23-20(29)12-25-22(27-23)18-11-26-30-10-3-2-6-19(18)30/h2-3,6,10-12,17H,4-5,7,9,13-15H2,1H3/t17?,31-/m1/s1. The van der Waals surface area contributed by atoms with E-state index in [9.17, 15) is 14.8 Å². The number of likely N-dealkylation sites (tertiary alicyclic amines) is 1. The molecule has 5 rings (SSSR count). The van der Waals surface area contributed by atoms with Gasteiger partial charge in [0.25, 0.3) is 5.82 Å². The summed E-state index contributed by atoms with van der Waals surface area (Å²) in [5, 5.41) is 27.8. The van der Waals surface area contributed by atoms with Crippen LogP contribution in [0, 0.1) is 16.5 Å². The lowest BCUT2D eigenvalue weighted by Gasteiger charge is -2.47. The average Bonchev–Trinajstić information content (AvgIpc) is 3.42. The fourth-order valence-electron chi connectivity index (χ4n) is 4.77. The molecule has 35 heavy (non-hydrogen) atoms. The van der Waals surface area contributed by atoms with Crippen molar-refractivity contribution >= 4 is 28.9 Å². The van der Waals surface area contributed by atoms with Gasteiger partial charge in [-0.05, 0) is 18.6 Å². The van der Waals surface area contributed by atoms with Crippen LogP contribution in [0.25, 0.3) is 16.9 Å². The number of nitrogens with zero attached hydrogens (tertiary/aromatic N) is 8. The fraction of sp³-hybridized carbons (Fsp3) is 0.391. The lowest BCUT2D eigenvalue weighted by atomic mass is 10.0. The molecule has 2 aliphatic rings. The van der Waals surface area contributed by atoms with Gasteiger partial charge in [0.05, 0.1) is 36.1 Å². The Hall–Kier alpha value is -4.08. The van der Waals surface area contributed by atoms with Crippen molar-refractivity contribution in [2.45, 2.75) is 32.2 Å². The predicted octanol–water partition coefficient (Wildman–Crippen LogP) is 1.80. The molecule has 0 aromatic carbocycles. The van der Waals surface area contributed by atoms with Gasteiger partial charge in [-0.2, -0.15) is 15.3 Å². The van der Waals surface area contributed by atoms with E-state index in [1.54, 1.807) is 26.7 Å². The number of anilines is 1. The number of ether oxygens (including phenoxy) is 1. The third kappa shape index (κ3) is 4.05. The van der Waals surface area contributed by atoms with E-state index < -0.39 is 16.7 Å². The molecule has 0 radical (unpaired) electrons. The maximum Gasteiger partial charge on any atom is 0.304 e. The molecule has 1 amide bonds. The zero-order valence-corrected chi connectivity index (χ0v) is 19.2. The Kier molecular flexibility index (Phi) is 5.80. The molecule has 0 N–H and O–H groups in total. The molecule has 180 valence electrons. The smallest absolute Gasteiger partial charge is 0.304 e. The van der Waals surface area contributed by atoms with Crippen molar-refractivity contribution in [1.82, 2.24) is 29.1 Å². The molecule has 0 bridgehead atoms. The van der Waals surface area contributed by atoms with Gasteiger partial charge in [0, 0.05) is 26.1 Å². The molecule has 12 nitrogen and oxygen atoms in total. The van der Waals surface area contributed by atoms with Crippen LogP contribution in [-0.4, -0.2) is 68.9 Å². The lowest BCUT2D eigenvalue weighted by Crippen LogP contribution is -2.60. The van der Waals surface area contributed by atoms with E-state index in [0.29, 0.717) is 36.5 Å². The van der Waals surface area contributed by atoms with E-state index in [1.165, 1.54) is 6.92 Å². The molecule has 2 aliphatic heterocycles. The van der Waals surface area contributed by atoms with Crippen molar-refractivity contribution in [3.05, 3.63) is 42.0 Å². The van der Waals surface area contributed by atoms with Crippen LogP contribution in [-0.2, 0) is 14.3 Å². The first-order valence-electron chi connectivity index (χ1n) is 11.3. The summed E-state index contributed by atoms with van der Waals surface area (Å²) in [7, 11) is 0. The molecule has 0 spiro atoms. The number of fused-ring (bicyclic) bond motifs is 2. The number of carbonyl (C=O) groups excluding carboxylic acids is 2. The van der Waals surface area contributed by atoms with Gasteiger partial charge in [-0.3, -0.25) is 19.1 Å². The highest BCUT2D eigenvalue weighted by Crippen LogP contribution is 2.43. The molecule has 1 saturated heterocycles. The van der Waals surface area contributed by atoms with Crippen molar-refractivity contribution in [2.75, 3.05) is 31.4 Å². The summed E-state index contributed by atoms with van der Waals surface area (Å²) in [5.74, 6) is -0.116. The molecule has 0 saturated carbocycles. The zero-order chi connectivity index (χ0) is 24.6. The lowest BCUT2D eigenvalue weighted by molar-refractivity contribution is -0.141. The van der Waals surface area contributed by atoms with E-state index in [2.05, 4.69) is 10.1 Å². The second kappa shape index (κ2) is 8.94. The van der Waals surface area contributed by atoms with Crippen molar-refractivity contribution < 1.29 is 14.3 Å². The monoisotopic (exact) mass is 476 g/mol. The number of aromatic nitrogens is 4. The van der Waals surface area contributed by atoms with Gasteiger partial charge in [0.2, 0.25) is 5.91 Å². The van der Waals surface area contributed by atoms with E-state index >= 15 is 0 Å². The Balaban J connectivity index is 1.54. The molecular formula is C23H24N8O4. The van der Waals surface area contributed by atoms with Gasteiger partial charge in [-0.25, -0.2) is 9.50 Å². The number of nitriles is 1. The Morgan fingerprint density at radius 3 is 3.00 bits per heavy atom. The van der Waals surface area contributed by atoms with Crippen molar-refractivity contribution in [3.8, 4) is 17.5 Å². The first-order valence-corrected chi connectivity index (χ1v) is 11.3. The van der Waals surface area contributed by atoms with Gasteiger partial charge < -0.3 is 14.8 Å². The van der Waals surface area contributed by atoms with Gasteiger partial charge in [-0.15, -0.1) is 0 Å². The van der Waals surface area contributed by atoms with Crippen LogP contribution in [0.15, 0.2) is 36.8 Å². The van der Waals surface area contributed by atoms with Crippen molar-refractivity contribution in [1.29, 1.82) is 5.26 Å². The van der Waals surface area contributed by atoms with Crippen LogP contribution in [0.3, 0.4) is 0 Å². The molecular weight excluding hydrogens is 452 g/mol. The Labute approximate surface area is 201 Å². The molecule has 12 heteroatoms. The zero-order valence-electron chi connectivity index (χ0n) is 19.2. The van der Waals surface area contributed by atoms with Gasteiger partial charge in [0.15, 0.2) is 19.2 Å². The quantitative estimate of drug-likeness (QED) is 0.306. The Morgan fingerprint density at radius 2 is 2.20 bits per heavy atom. The van der Waals surface area contributed by atoms with Crippen molar-refractivity contribution in [3.63, 3.8) is 0 Å². The average molecular weight is 476 g/mol. The van der Waals surface area contributed by atoms with E-state index in [-0.39, 0.29) is 38.1 Å².